The van der Waals surface area contributed by atoms with E-state index in [1.807, 2.05) is 0 Å². The second kappa shape index (κ2) is 9.32. The van der Waals surface area contributed by atoms with Crippen LogP contribution in [0.5, 0.6) is 23.0 Å². The summed E-state index contributed by atoms with van der Waals surface area (Å²) < 4.78 is 14.9. The van der Waals surface area contributed by atoms with Gasteiger partial charge in [0.25, 0.3) is 0 Å². The maximum atomic E-state index is 12.4. The summed E-state index contributed by atoms with van der Waals surface area (Å²) in [4.78, 5) is 45.7. The Balaban J connectivity index is 2.27. The molecule has 0 aliphatic rings. The van der Waals surface area contributed by atoms with Crippen molar-refractivity contribution in [2.24, 2.45) is 0 Å². The third-order valence-electron chi connectivity index (χ3n) is 3.41. The largest absolute Gasteiger partial charge is 0.507 e. The number of rotatable bonds is 6. The molecule has 0 atom stereocenters. The maximum absolute atomic E-state index is 12.4. The first-order valence-electron chi connectivity index (χ1n) is 8.40. The standard InChI is InChI=1S/C21H18O8/c1-12(22)27-16-7-8-18(20(26)10-16)19(25)9-5-15-4-6-17(28-13(2)23)11-21(15)29-14(3)24/h4-11,26H,1-3H3/b9-5+. The first kappa shape index (κ1) is 21.4. The quantitative estimate of drug-likeness (QED) is 0.342. The molecule has 0 saturated heterocycles. The van der Waals surface area contributed by atoms with Crippen LogP contribution >= 0.6 is 0 Å². The third-order valence-corrected chi connectivity index (χ3v) is 3.41. The summed E-state index contributed by atoms with van der Waals surface area (Å²) in [5.41, 5.74) is 0.364. The fourth-order valence-electron chi connectivity index (χ4n) is 2.33. The van der Waals surface area contributed by atoms with Crippen LogP contribution < -0.4 is 14.2 Å². The van der Waals surface area contributed by atoms with E-state index in [9.17, 15) is 24.3 Å². The molecular weight excluding hydrogens is 380 g/mol. The summed E-state index contributed by atoms with van der Waals surface area (Å²) in [5.74, 6) is -2.20. The number of esters is 3. The number of ketones is 1. The van der Waals surface area contributed by atoms with Gasteiger partial charge in [-0.15, -0.1) is 0 Å². The van der Waals surface area contributed by atoms with Gasteiger partial charge in [0.1, 0.15) is 23.0 Å². The number of benzene rings is 2. The molecule has 1 N–H and O–H groups in total. The monoisotopic (exact) mass is 398 g/mol. The van der Waals surface area contributed by atoms with Crippen molar-refractivity contribution in [2.75, 3.05) is 0 Å². The van der Waals surface area contributed by atoms with Gasteiger partial charge in [-0.05, 0) is 36.4 Å². The molecule has 8 nitrogen and oxygen atoms in total. The molecule has 2 aromatic rings. The predicted octanol–water partition coefficient (Wildman–Crippen LogP) is 3.06. The van der Waals surface area contributed by atoms with Crippen LogP contribution in [-0.4, -0.2) is 28.8 Å². The molecule has 2 aromatic carbocycles. The Hall–Kier alpha value is -3.94. The topological polar surface area (TPSA) is 116 Å². The van der Waals surface area contributed by atoms with Crippen LogP contribution in [0.1, 0.15) is 36.7 Å². The number of phenolic OH excluding ortho intramolecular Hbond substituents is 1. The fraction of sp³-hybridized carbons (Fsp3) is 0.143. The average molecular weight is 398 g/mol. The summed E-state index contributed by atoms with van der Waals surface area (Å²) in [6.45, 7) is 3.66. The molecule has 0 bridgehead atoms. The SMILES string of the molecule is CC(=O)Oc1ccc(C(=O)/C=C/c2ccc(OC(C)=O)cc2OC(C)=O)c(O)c1. The molecule has 0 heterocycles. The zero-order valence-corrected chi connectivity index (χ0v) is 15.9. The zero-order valence-electron chi connectivity index (χ0n) is 15.9. The van der Waals surface area contributed by atoms with Crippen LogP contribution in [0.15, 0.2) is 42.5 Å². The second-order valence-electron chi connectivity index (χ2n) is 5.86. The van der Waals surface area contributed by atoms with Crippen molar-refractivity contribution in [1.82, 2.24) is 0 Å². The number of allylic oxidation sites excluding steroid dienone is 1. The van der Waals surface area contributed by atoms with Crippen molar-refractivity contribution in [3.8, 4) is 23.0 Å². The molecule has 0 spiro atoms. The van der Waals surface area contributed by atoms with E-state index in [-0.39, 0.29) is 28.6 Å². The lowest BCUT2D eigenvalue weighted by atomic mass is 10.1. The van der Waals surface area contributed by atoms with Gasteiger partial charge in [-0.25, -0.2) is 0 Å². The molecule has 0 radical (unpaired) electrons. The predicted molar refractivity (Wildman–Crippen MR) is 102 cm³/mol. The van der Waals surface area contributed by atoms with Crippen LogP contribution in [0.4, 0.5) is 0 Å². The molecule has 8 heteroatoms. The van der Waals surface area contributed by atoms with Gasteiger partial charge in [0.15, 0.2) is 5.78 Å². The summed E-state index contributed by atoms with van der Waals surface area (Å²) in [6.07, 6.45) is 2.56. The number of aromatic hydroxyl groups is 1. The van der Waals surface area contributed by atoms with Gasteiger partial charge in [-0.2, -0.15) is 0 Å². The van der Waals surface area contributed by atoms with E-state index in [4.69, 9.17) is 14.2 Å². The minimum absolute atomic E-state index is 0.0114. The minimum Gasteiger partial charge on any atom is -0.507 e. The molecule has 29 heavy (non-hydrogen) atoms. The van der Waals surface area contributed by atoms with E-state index in [1.165, 1.54) is 63.3 Å². The van der Waals surface area contributed by atoms with Crippen molar-refractivity contribution in [1.29, 1.82) is 0 Å². The molecule has 0 fully saturated rings. The number of carbonyl (C=O) groups is 4. The van der Waals surface area contributed by atoms with E-state index in [0.29, 0.717) is 5.56 Å². The highest BCUT2D eigenvalue weighted by atomic mass is 16.5. The van der Waals surface area contributed by atoms with Crippen LogP contribution in [0.25, 0.3) is 6.08 Å². The normalized spacial score (nSPS) is 10.4. The highest BCUT2D eigenvalue weighted by molar-refractivity contribution is 6.08. The van der Waals surface area contributed by atoms with Crippen molar-refractivity contribution in [3.05, 3.63) is 53.6 Å². The lowest BCUT2D eigenvalue weighted by Gasteiger charge is -2.08. The Morgan fingerprint density at radius 3 is 1.90 bits per heavy atom. The van der Waals surface area contributed by atoms with Crippen LogP contribution in [-0.2, 0) is 14.4 Å². The van der Waals surface area contributed by atoms with E-state index in [1.54, 1.807) is 0 Å². The Morgan fingerprint density at radius 2 is 1.34 bits per heavy atom. The summed E-state index contributed by atoms with van der Waals surface area (Å²) in [5, 5.41) is 10.0. The lowest BCUT2D eigenvalue weighted by molar-refractivity contribution is -0.133. The second-order valence-corrected chi connectivity index (χ2v) is 5.86. The first-order valence-corrected chi connectivity index (χ1v) is 8.40. The molecule has 0 saturated carbocycles. The molecule has 0 aliphatic heterocycles. The van der Waals surface area contributed by atoms with E-state index >= 15 is 0 Å². The maximum Gasteiger partial charge on any atom is 0.308 e. The van der Waals surface area contributed by atoms with Crippen molar-refractivity contribution in [2.45, 2.75) is 20.8 Å². The van der Waals surface area contributed by atoms with E-state index < -0.39 is 23.7 Å². The van der Waals surface area contributed by atoms with Gasteiger partial charge in [0.2, 0.25) is 0 Å². The van der Waals surface area contributed by atoms with Gasteiger partial charge in [-0.3, -0.25) is 19.2 Å². The van der Waals surface area contributed by atoms with E-state index in [0.717, 1.165) is 6.07 Å². The highest BCUT2D eigenvalue weighted by Crippen LogP contribution is 2.28. The number of phenols is 1. The molecule has 150 valence electrons. The highest BCUT2D eigenvalue weighted by Gasteiger charge is 2.12. The van der Waals surface area contributed by atoms with Crippen molar-refractivity contribution >= 4 is 29.8 Å². The smallest absolute Gasteiger partial charge is 0.308 e. The zero-order chi connectivity index (χ0) is 21.6. The summed E-state index contributed by atoms with van der Waals surface area (Å²) >= 11 is 0. The Labute approximate surface area is 166 Å². The number of carbonyl (C=O) groups excluding carboxylic acids is 4. The Bertz CT molecular complexity index is 1000. The molecule has 0 amide bonds. The average Bonchev–Trinajstić information content (AvgIpc) is 2.59. The Kier molecular flexibility index (Phi) is 6.86. The first-order chi connectivity index (χ1) is 13.7. The van der Waals surface area contributed by atoms with E-state index in [2.05, 4.69) is 0 Å². The molecule has 0 aromatic heterocycles. The number of hydrogen-bond donors (Lipinski definition) is 1. The van der Waals surface area contributed by atoms with Gasteiger partial charge < -0.3 is 19.3 Å². The molecule has 0 unspecified atom stereocenters. The summed E-state index contributed by atoms with van der Waals surface area (Å²) in [7, 11) is 0. The van der Waals surface area contributed by atoms with Gasteiger partial charge in [-0.1, -0.05) is 0 Å². The van der Waals surface area contributed by atoms with Crippen LogP contribution in [0.3, 0.4) is 0 Å². The molecule has 0 aliphatic carbocycles. The van der Waals surface area contributed by atoms with Gasteiger partial charge in [0, 0.05) is 38.5 Å². The third kappa shape index (κ3) is 6.31. The van der Waals surface area contributed by atoms with Gasteiger partial charge in [0.05, 0.1) is 5.56 Å². The van der Waals surface area contributed by atoms with Crippen molar-refractivity contribution in [3.63, 3.8) is 0 Å². The fourth-order valence-corrected chi connectivity index (χ4v) is 2.33. The van der Waals surface area contributed by atoms with Crippen LogP contribution in [0.2, 0.25) is 0 Å². The summed E-state index contributed by atoms with van der Waals surface area (Å²) in [6, 6.07) is 8.17. The Morgan fingerprint density at radius 1 is 0.793 bits per heavy atom. The van der Waals surface area contributed by atoms with Gasteiger partial charge >= 0.3 is 17.9 Å². The minimum atomic E-state index is -0.593. The van der Waals surface area contributed by atoms with Crippen LogP contribution in [0, 0.1) is 0 Å². The number of hydrogen-bond acceptors (Lipinski definition) is 8. The lowest BCUT2D eigenvalue weighted by Crippen LogP contribution is -2.05. The molecular formula is C21H18O8. The number of ether oxygens (including phenoxy) is 3. The molecule has 2 rings (SSSR count). The van der Waals surface area contributed by atoms with Crippen molar-refractivity contribution < 1.29 is 38.5 Å².